The molecule has 0 spiro atoms. The molecule has 1 aromatic heterocycles. The van der Waals surface area contributed by atoms with Crippen LogP contribution in [-0.4, -0.2) is 16.0 Å². The molecule has 76 valence electrons. The monoisotopic (exact) mass is 191 g/mol. The van der Waals surface area contributed by atoms with Crippen molar-refractivity contribution in [3.8, 4) is 0 Å². The molecule has 14 heavy (non-hydrogen) atoms. The summed E-state index contributed by atoms with van der Waals surface area (Å²) in [7, 11) is 0. The van der Waals surface area contributed by atoms with Gasteiger partial charge < -0.3 is 5.32 Å². The number of nitrogens with one attached hydrogen (secondary N) is 1. The third kappa shape index (κ3) is 2.29. The Morgan fingerprint density at radius 3 is 3.00 bits per heavy atom. The molecule has 2 rings (SSSR count). The van der Waals surface area contributed by atoms with E-state index in [1.54, 1.807) is 12.5 Å². The van der Waals surface area contributed by atoms with E-state index in [1.165, 1.54) is 19.3 Å². The highest BCUT2D eigenvalue weighted by Crippen LogP contribution is 2.29. The Morgan fingerprint density at radius 2 is 2.43 bits per heavy atom. The first kappa shape index (κ1) is 9.59. The zero-order valence-corrected chi connectivity index (χ0v) is 8.61. The van der Waals surface area contributed by atoms with Crippen molar-refractivity contribution in [2.24, 2.45) is 5.92 Å². The van der Waals surface area contributed by atoms with Gasteiger partial charge in [0.05, 0.1) is 5.69 Å². The van der Waals surface area contributed by atoms with E-state index in [0.717, 1.165) is 18.2 Å². The van der Waals surface area contributed by atoms with Crippen molar-refractivity contribution in [1.29, 1.82) is 0 Å². The van der Waals surface area contributed by atoms with Crippen molar-refractivity contribution in [2.75, 3.05) is 0 Å². The number of hydrogen-bond acceptors (Lipinski definition) is 3. The summed E-state index contributed by atoms with van der Waals surface area (Å²) in [4.78, 5) is 8.08. The van der Waals surface area contributed by atoms with Gasteiger partial charge in [0.15, 0.2) is 0 Å². The SMILES string of the molecule is CC(NCc1ccncn1)C1CCC1. The van der Waals surface area contributed by atoms with E-state index in [4.69, 9.17) is 0 Å². The molecular formula is C11H17N3. The number of nitrogens with zero attached hydrogens (tertiary/aromatic N) is 2. The summed E-state index contributed by atoms with van der Waals surface area (Å²) < 4.78 is 0. The summed E-state index contributed by atoms with van der Waals surface area (Å²) in [6.45, 7) is 3.13. The van der Waals surface area contributed by atoms with Crippen molar-refractivity contribution in [3.05, 3.63) is 24.3 Å². The normalized spacial score (nSPS) is 18.9. The Balaban J connectivity index is 1.76. The maximum absolute atomic E-state index is 4.18. The van der Waals surface area contributed by atoms with Crippen molar-refractivity contribution < 1.29 is 0 Å². The van der Waals surface area contributed by atoms with Crippen molar-refractivity contribution in [1.82, 2.24) is 15.3 Å². The highest BCUT2D eigenvalue weighted by atomic mass is 14.9. The summed E-state index contributed by atoms with van der Waals surface area (Å²) in [5, 5.41) is 3.51. The fourth-order valence-corrected chi connectivity index (χ4v) is 1.79. The Labute approximate surface area is 85.0 Å². The van der Waals surface area contributed by atoms with Crippen LogP contribution >= 0.6 is 0 Å². The molecule has 1 atom stereocenters. The zero-order valence-electron chi connectivity index (χ0n) is 8.61. The summed E-state index contributed by atoms with van der Waals surface area (Å²) in [5.74, 6) is 0.886. The van der Waals surface area contributed by atoms with Crippen molar-refractivity contribution in [2.45, 2.75) is 38.8 Å². The smallest absolute Gasteiger partial charge is 0.115 e. The molecule has 0 aromatic carbocycles. The van der Waals surface area contributed by atoms with Crippen LogP contribution in [-0.2, 0) is 6.54 Å². The first-order valence-corrected chi connectivity index (χ1v) is 5.34. The molecular weight excluding hydrogens is 174 g/mol. The lowest BCUT2D eigenvalue weighted by Gasteiger charge is -2.31. The van der Waals surface area contributed by atoms with Crippen LogP contribution in [0.1, 0.15) is 31.9 Å². The van der Waals surface area contributed by atoms with Crippen LogP contribution in [0.4, 0.5) is 0 Å². The lowest BCUT2D eigenvalue weighted by Crippen LogP contribution is -2.36. The predicted molar refractivity (Wildman–Crippen MR) is 55.7 cm³/mol. The molecule has 1 unspecified atom stereocenters. The average Bonchev–Trinajstić information content (AvgIpc) is 2.14. The van der Waals surface area contributed by atoms with E-state index in [1.807, 2.05) is 6.07 Å². The van der Waals surface area contributed by atoms with E-state index in [0.29, 0.717) is 6.04 Å². The van der Waals surface area contributed by atoms with E-state index in [9.17, 15) is 0 Å². The molecule has 0 bridgehead atoms. The van der Waals surface area contributed by atoms with Gasteiger partial charge in [0.2, 0.25) is 0 Å². The molecule has 1 fully saturated rings. The molecule has 0 saturated heterocycles. The predicted octanol–water partition coefficient (Wildman–Crippen LogP) is 1.75. The summed E-state index contributed by atoms with van der Waals surface area (Å²) in [6, 6.07) is 2.58. The third-order valence-electron chi connectivity index (χ3n) is 3.11. The number of hydrogen-bond donors (Lipinski definition) is 1. The zero-order chi connectivity index (χ0) is 9.80. The third-order valence-corrected chi connectivity index (χ3v) is 3.11. The van der Waals surface area contributed by atoms with Crippen LogP contribution in [0.25, 0.3) is 0 Å². The summed E-state index contributed by atoms with van der Waals surface area (Å²) >= 11 is 0. The molecule has 0 radical (unpaired) electrons. The van der Waals surface area contributed by atoms with E-state index in [-0.39, 0.29) is 0 Å². The molecule has 0 aliphatic heterocycles. The fraction of sp³-hybridized carbons (Fsp3) is 0.636. The molecule has 1 aliphatic carbocycles. The summed E-state index contributed by atoms with van der Waals surface area (Å²) in [5.41, 5.74) is 1.08. The minimum absolute atomic E-state index is 0.624. The van der Waals surface area contributed by atoms with Gasteiger partial charge in [-0.15, -0.1) is 0 Å². The van der Waals surface area contributed by atoms with Gasteiger partial charge in [-0.1, -0.05) is 6.42 Å². The standard InChI is InChI=1S/C11H17N3/c1-9(10-3-2-4-10)13-7-11-5-6-12-8-14-11/h5-6,8-10,13H,2-4,7H2,1H3. The largest absolute Gasteiger partial charge is 0.308 e. The first-order chi connectivity index (χ1) is 6.86. The van der Waals surface area contributed by atoms with Crippen LogP contribution < -0.4 is 5.32 Å². The Hall–Kier alpha value is -0.960. The molecule has 3 heteroatoms. The fourth-order valence-electron chi connectivity index (χ4n) is 1.79. The van der Waals surface area contributed by atoms with E-state index in [2.05, 4.69) is 22.2 Å². The lowest BCUT2D eigenvalue weighted by atomic mass is 9.80. The number of aromatic nitrogens is 2. The summed E-state index contributed by atoms with van der Waals surface area (Å²) in [6.07, 6.45) is 7.57. The van der Waals surface area contributed by atoms with Crippen molar-refractivity contribution >= 4 is 0 Å². The van der Waals surface area contributed by atoms with Gasteiger partial charge in [-0.25, -0.2) is 9.97 Å². The van der Waals surface area contributed by atoms with Crippen LogP contribution in [0.5, 0.6) is 0 Å². The molecule has 1 aliphatic rings. The van der Waals surface area contributed by atoms with E-state index >= 15 is 0 Å². The Morgan fingerprint density at radius 1 is 1.57 bits per heavy atom. The van der Waals surface area contributed by atoms with Crippen LogP contribution in [0, 0.1) is 5.92 Å². The molecule has 3 nitrogen and oxygen atoms in total. The second kappa shape index (κ2) is 4.51. The Kier molecular flexibility index (Phi) is 3.09. The average molecular weight is 191 g/mol. The Bertz CT molecular complexity index is 269. The van der Waals surface area contributed by atoms with Crippen LogP contribution in [0.15, 0.2) is 18.6 Å². The van der Waals surface area contributed by atoms with Gasteiger partial charge in [0, 0.05) is 18.8 Å². The highest BCUT2D eigenvalue weighted by molar-refractivity contribution is 4.97. The minimum atomic E-state index is 0.624. The quantitative estimate of drug-likeness (QED) is 0.788. The van der Waals surface area contributed by atoms with Gasteiger partial charge in [-0.2, -0.15) is 0 Å². The van der Waals surface area contributed by atoms with Gasteiger partial charge in [-0.05, 0) is 31.7 Å². The first-order valence-electron chi connectivity index (χ1n) is 5.34. The minimum Gasteiger partial charge on any atom is -0.308 e. The molecule has 1 saturated carbocycles. The second-order valence-corrected chi connectivity index (χ2v) is 4.06. The number of rotatable bonds is 4. The van der Waals surface area contributed by atoms with Gasteiger partial charge in [-0.3, -0.25) is 0 Å². The van der Waals surface area contributed by atoms with Gasteiger partial charge in [0.25, 0.3) is 0 Å². The topological polar surface area (TPSA) is 37.8 Å². The van der Waals surface area contributed by atoms with E-state index < -0.39 is 0 Å². The van der Waals surface area contributed by atoms with Crippen molar-refractivity contribution in [3.63, 3.8) is 0 Å². The maximum Gasteiger partial charge on any atom is 0.115 e. The lowest BCUT2D eigenvalue weighted by molar-refractivity contribution is 0.239. The molecule has 1 heterocycles. The van der Waals surface area contributed by atoms with Crippen LogP contribution in [0.3, 0.4) is 0 Å². The maximum atomic E-state index is 4.18. The van der Waals surface area contributed by atoms with Crippen LogP contribution in [0.2, 0.25) is 0 Å². The highest BCUT2D eigenvalue weighted by Gasteiger charge is 2.23. The van der Waals surface area contributed by atoms with Gasteiger partial charge in [0.1, 0.15) is 6.33 Å². The molecule has 1 N–H and O–H groups in total. The van der Waals surface area contributed by atoms with Gasteiger partial charge >= 0.3 is 0 Å². The molecule has 1 aromatic rings. The second-order valence-electron chi connectivity index (χ2n) is 4.06. The molecule has 0 amide bonds.